The first-order chi connectivity index (χ1) is 10.2. The summed E-state index contributed by atoms with van der Waals surface area (Å²) in [6.45, 7) is -0.0800. The standard InChI is InChI=1S/C14H15N3O4/c1-20-12-6-9(8-18)2-4-11(12)21-13-5-3-10(7-16-13)14(15)17-19/h2-7,18-19H,8H2,1H3,(H2,15,17). The number of benzene rings is 1. The van der Waals surface area contributed by atoms with Crippen LogP contribution in [0.25, 0.3) is 0 Å². The van der Waals surface area contributed by atoms with Gasteiger partial charge < -0.3 is 25.5 Å². The minimum Gasteiger partial charge on any atom is -0.493 e. The lowest BCUT2D eigenvalue weighted by atomic mass is 10.2. The molecule has 0 aliphatic heterocycles. The molecule has 1 aromatic carbocycles. The van der Waals surface area contributed by atoms with Gasteiger partial charge in [-0.2, -0.15) is 0 Å². The van der Waals surface area contributed by atoms with E-state index < -0.39 is 0 Å². The highest BCUT2D eigenvalue weighted by Crippen LogP contribution is 2.31. The van der Waals surface area contributed by atoms with Crippen molar-refractivity contribution < 1.29 is 19.8 Å². The van der Waals surface area contributed by atoms with Gasteiger partial charge >= 0.3 is 0 Å². The highest BCUT2D eigenvalue weighted by molar-refractivity contribution is 5.96. The molecule has 1 aromatic heterocycles. The normalized spacial score (nSPS) is 11.2. The highest BCUT2D eigenvalue weighted by Gasteiger charge is 2.08. The van der Waals surface area contributed by atoms with Crippen LogP contribution in [0.3, 0.4) is 0 Å². The van der Waals surface area contributed by atoms with Gasteiger partial charge in [-0.05, 0) is 23.8 Å². The topological polar surface area (TPSA) is 110 Å². The molecule has 0 spiro atoms. The van der Waals surface area contributed by atoms with E-state index in [9.17, 15) is 0 Å². The van der Waals surface area contributed by atoms with Crippen LogP contribution in [0.15, 0.2) is 41.7 Å². The van der Waals surface area contributed by atoms with Gasteiger partial charge in [-0.3, -0.25) is 0 Å². The molecule has 0 aliphatic rings. The van der Waals surface area contributed by atoms with Crippen molar-refractivity contribution in [1.29, 1.82) is 0 Å². The summed E-state index contributed by atoms with van der Waals surface area (Å²) in [6.07, 6.45) is 1.43. The number of nitrogens with two attached hydrogens (primary N) is 1. The van der Waals surface area contributed by atoms with Gasteiger partial charge in [0, 0.05) is 17.8 Å². The molecular weight excluding hydrogens is 274 g/mol. The smallest absolute Gasteiger partial charge is 0.219 e. The molecule has 0 saturated carbocycles. The fraction of sp³-hybridized carbons (Fsp3) is 0.143. The first kappa shape index (κ1) is 14.6. The second-order valence-electron chi connectivity index (χ2n) is 4.12. The number of methoxy groups -OCH3 is 1. The van der Waals surface area contributed by atoms with E-state index in [4.69, 9.17) is 25.5 Å². The Hall–Kier alpha value is -2.80. The fourth-order valence-electron chi connectivity index (χ4n) is 1.66. The number of amidine groups is 1. The van der Waals surface area contributed by atoms with Crippen molar-refractivity contribution in [3.05, 3.63) is 47.7 Å². The van der Waals surface area contributed by atoms with E-state index >= 15 is 0 Å². The van der Waals surface area contributed by atoms with Crippen LogP contribution in [0.2, 0.25) is 0 Å². The number of pyridine rings is 1. The summed E-state index contributed by atoms with van der Waals surface area (Å²) in [5.41, 5.74) is 6.65. The summed E-state index contributed by atoms with van der Waals surface area (Å²) in [6, 6.07) is 8.30. The molecule has 2 rings (SSSR count). The van der Waals surface area contributed by atoms with Gasteiger partial charge in [-0.25, -0.2) is 4.98 Å². The number of oxime groups is 1. The Morgan fingerprint density at radius 3 is 2.67 bits per heavy atom. The van der Waals surface area contributed by atoms with E-state index in [1.54, 1.807) is 30.3 Å². The van der Waals surface area contributed by atoms with Crippen LogP contribution in [0, 0.1) is 0 Å². The van der Waals surface area contributed by atoms with Crippen LogP contribution < -0.4 is 15.2 Å². The van der Waals surface area contributed by atoms with Gasteiger partial charge in [0.1, 0.15) is 0 Å². The number of hydrogen-bond donors (Lipinski definition) is 3. The number of hydrogen-bond acceptors (Lipinski definition) is 6. The molecule has 1 heterocycles. The third kappa shape index (κ3) is 3.40. The SMILES string of the molecule is COc1cc(CO)ccc1Oc1ccc(/C(N)=N/O)cn1. The lowest BCUT2D eigenvalue weighted by Crippen LogP contribution is -2.13. The molecule has 0 fully saturated rings. The van der Waals surface area contributed by atoms with Crippen molar-refractivity contribution >= 4 is 5.84 Å². The van der Waals surface area contributed by atoms with Crippen molar-refractivity contribution in [3.63, 3.8) is 0 Å². The Kier molecular flexibility index (Phi) is 4.57. The zero-order valence-electron chi connectivity index (χ0n) is 11.4. The lowest BCUT2D eigenvalue weighted by Gasteiger charge is -2.10. The summed E-state index contributed by atoms with van der Waals surface area (Å²) in [5.74, 6) is 1.26. The average Bonchev–Trinajstić information content (AvgIpc) is 2.55. The molecular formula is C14H15N3O4. The van der Waals surface area contributed by atoms with Crippen LogP contribution >= 0.6 is 0 Å². The van der Waals surface area contributed by atoms with Crippen LogP contribution in [0.4, 0.5) is 0 Å². The average molecular weight is 289 g/mol. The highest BCUT2D eigenvalue weighted by atomic mass is 16.5. The molecule has 110 valence electrons. The second kappa shape index (κ2) is 6.58. The molecule has 0 bridgehead atoms. The molecule has 2 aromatic rings. The van der Waals surface area contributed by atoms with Crippen LogP contribution in [0.1, 0.15) is 11.1 Å². The molecule has 21 heavy (non-hydrogen) atoms. The van der Waals surface area contributed by atoms with Crippen molar-refractivity contribution in [2.24, 2.45) is 10.9 Å². The molecule has 0 unspecified atom stereocenters. The van der Waals surface area contributed by atoms with E-state index in [1.807, 2.05) is 0 Å². The van der Waals surface area contributed by atoms with Crippen LogP contribution in [-0.4, -0.2) is 28.2 Å². The third-order valence-electron chi connectivity index (χ3n) is 2.76. The van der Waals surface area contributed by atoms with E-state index in [1.165, 1.54) is 13.3 Å². The van der Waals surface area contributed by atoms with Crippen molar-refractivity contribution in [1.82, 2.24) is 4.98 Å². The van der Waals surface area contributed by atoms with Gasteiger partial charge in [0.15, 0.2) is 17.3 Å². The zero-order chi connectivity index (χ0) is 15.2. The Bertz CT molecular complexity index is 641. The predicted molar refractivity (Wildman–Crippen MR) is 75.7 cm³/mol. The van der Waals surface area contributed by atoms with Crippen molar-refractivity contribution in [3.8, 4) is 17.4 Å². The minimum absolute atomic E-state index is 0.0288. The largest absolute Gasteiger partial charge is 0.493 e. The summed E-state index contributed by atoms with van der Waals surface area (Å²) >= 11 is 0. The third-order valence-corrected chi connectivity index (χ3v) is 2.76. The molecule has 0 atom stereocenters. The maximum absolute atomic E-state index is 9.09. The van der Waals surface area contributed by atoms with E-state index in [-0.39, 0.29) is 12.4 Å². The zero-order valence-corrected chi connectivity index (χ0v) is 11.4. The van der Waals surface area contributed by atoms with E-state index in [0.717, 1.165) is 5.56 Å². The molecule has 4 N–H and O–H groups in total. The number of ether oxygens (including phenoxy) is 2. The number of aliphatic hydroxyl groups is 1. The van der Waals surface area contributed by atoms with Gasteiger partial charge in [-0.1, -0.05) is 11.2 Å². The summed E-state index contributed by atoms with van der Waals surface area (Å²) < 4.78 is 10.8. The van der Waals surface area contributed by atoms with Crippen LogP contribution in [0.5, 0.6) is 17.4 Å². The first-order valence-electron chi connectivity index (χ1n) is 6.07. The van der Waals surface area contributed by atoms with Crippen molar-refractivity contribution in [2.45, 2.75) is 6.61 Å². The Morgan fingerprint density at radius 2 is 2.10 bits per heavy atom. The lowest BCUT2D eigenvalue weighted by molar-refractivity contribution is 0.280. The molecule has 0 saturated heterocycles. The van der Waals surface area contributed by atoms with Gasteiger partial charge in [0.05, 0.1) is 13.7 Å². The molecule has 0 aliphatic carbocycles. The quantitative estimate of drug-likeness (QED) is 0.333. The summed E-state index contributed by atoms with van der Waals surface area (Å²) in [5, 5.41) is 20.6. The molecule has 0 radical (unpaired) electrons. The number of nitrogens with zero attached hydrogens (tertiary/aromatic N) is 2. The number of rotatable bonds is 5. The van der Waals surface area contributed by atoms with E-state index in [2.05, 4.69) is 10.1 Å². The van der Waals surface area contributed by atoms with Gasteiger partial charge in [-0.15, -0.1) is 0 Å². The summed E-state index contributed by atoms with van der Waals surface area (Å²) in [7, 11) is 1.51. The molecule has 0 amide bonds. The Labute approximate surface area is 121 Å². The Balaban J connectivity index is 2.22. The van der Waals surface area contributed by atoms with Crippen molar-refractivity contribution in [2.75, 3.05) is 7.11 Å². The minimum atomic E-state index is -0.0800. The monoisotopic (exact) mass is 289 g/mol. The van der Waals surface area contributed by atoms with Crippen LogP contribution in [-0.2, 0) is 6.61 Å². The Morgan fingerprint density at radius 1 is 1.29 bits per heavy atom. The second-order valence-corrected chi connectivity index (χ2v) is 4.12. The number of aromatic nitrogens is 1. The first-order valence-corrected chi connectivity index (χ1v) is 6.07. The van der Waals surface area contributed by atoms with E-state index in [0.29, 0.717) is 22.9 Å². The fourth-order valence-corrected chi connectivity index (χ4v) is 1.66. The molecule has 7 heteroatoms. The van der Waals surface area contributed by atoms with Gasteiger partial charge in [0.2, 0.25) is 5.88 Å². The molecule has 7 nitrogen and oxygen atoms in total. The maximum Gasteiger partial charge on any atom is 0.219 e. The predicted octanol–water partition coefficient (Wildman–Crippen LogP) is 1.47. The maximum atomic E-state index is 9.09. The number of aliphatic hydroxyl groups excluding tert-OH is 1. The summed E-state index contributed by atoms with van der Waals surface area (Å²) in [4.78, 5) is 4.06. The van der Waals surface area contributed by atoms with Gasteiger partial charge in [0.25, 0.3) is 0 Å².